The largest absolute Gasteiger partial charge is 0.489 e. The van der Waals surface area contributed by atoms with Gasteiger partial charge in [-0.1, -0.05) is 6.07 Å². The van der Waals surface area contributed by atoms with Crippen LogP contribution >= 0.6 is 0 Å². The number of methoxy groups -OCH3 is 1. The van der Waals surface area contributed by atoms with Crippen molar-refractivity contribution < 1.29 is 18.7 Å². The van der Waals surface area contributed by atoms with E-state index in [0.717, 1.165) is 5.56 Å². The van der Waals surface area contributed by atoms with Crippen LogP contribution < -0.4 is 4.74 Å². The zero-order chi connectivity index (χ0) is 13.1. The summed E-state index contributed by atoms with van der Waals surface area (Å²) in [5.41, 5.74) is 0.0996. The number of aryl methyl sites for hydroxylation is 1. The Hall–Kier alpha value is -1.58. The maximum atomic E-state index is 13.4. The van der Waals surface area contributed by atoms with Gasteiger partial charge in [0.2, 0.25) is 0 Å². The zero-order valence-corrected chi connectivity index (χ0v) is 10.5. The summed E-state index contributed by atoms with van der Waals surface area (Å²) in [5.74, 6) is -0.663. The van der Waals surface area contributed by atoms with Crippen LogP contribution in [-0.2, 0) is 9.53 Å². The Morgan fingerprint density at radius 2 is 2.06 bits per heavy atom. The summed E-state index contributed by atoms with van der Waals surface area (Å²) < 4.78 is 23.4. The number of hydrogen-bond acceptors (Lipinski definition) is 3. The molecule has 94 valence electrons. The predicted octanol–water partition coefficient (Wildman–Crippen LogP) is 2.71. The standard InChI is InChI=1S/C13H17FO3/c1-9-5-6-10(14)11(7-9)17-8-13(2,3)12(15)16-4/h5-7H,8H2,1-4H3. The third-order valence-electron chi connectivity index (χ3n) is 2.41. The molecule has 17 heavy (non-hydrogen) atoms. The van der Waals surface area contributed by atoms with Crippen molar-refractivity contribution in [1.82, 2.24) is 0 Å². The summed E-state index contributed by atoms with van der Waals surface area (Å²) in [6.07, 6.45) is 0. The molecular weight excluding hydrogens is 223 g/mol. The molecule has 0 N–H and O–H groups in total. The molecule has 0 aromatic heterocycles. The lowest BCUT2D eigenvalue weighted by Gasteiger charge is -2.21. The molecule has 1 aromatic rings. The summed E-state index contributed by atoms with van der Waals surface area (Å²) in [5, 5.41) is 0. The molecule has 1 aromatic carbocycles. The van der Waals surface area contributed by atoms with Gasteiger partial charge >= 0.3 is 5.97 Å². The number of esters is 1. The molecule has 0 heterocycles. The van der Waals surface area contributed by atoms with Gasteiger partial charge in [0.05, 0.1) is 12.5 Å². The van der Waals surface area contributed by atoms with Crippen LogP contribution in [0, 0.1) is 18.2 Å². The summed E-state index contributed by atoms with van der Waals surface area (Å²) in [4.78, 5) is 11.4. The Kier molecular flexibility index (Phi) is 4.10. The van der Waals surface area contributed by atoms with Crippen LogP contribution in [-0.4, -0.2) is 19.7 Å². The second kappa shape index (κ2) is 5.17. The highest BCUT2D eigenvalue weighted by Crippen LogP contribution is 2.23. The van der Waals surface area contributed by atoms with E-state index >= 15 is 0 Å². The van der Waals surface area contributed by atoms with Crippen LogP contribution in [0.25, 0.3) is 0 Å². The summed E-state index contributed by atoms with van der Waals surface area (Å²) >= 11 is 0. The first-order valence-corrected chi connectivity index (χ1v) is 5.34. The van der Waals surface area contributed by atoms with E-state index < -0.39 is 11.2 Å². The summed E-state index contributed by atoms with van der Waals surface area (Å²) in [6.45, 7) is 5.29. The predicted molar refractivity (Wildman–Crippen MR) is 62.4 cm³/mol. The number of hydrogen-bond donors (Lipinski definition) is 0. The van der Waals surface area contributed by atoms with Gasteiger partial charge in [0, 0.05) is 0 Å². The summed E-state index contributed by atoms with van der Waals surface area (Å²) in [7, 11) is 1.32. The molecule has 0 saturated heterocycles. The first kappa shape index (κ1) is 13.5. The van der Waals surface area contributed by atoms with Crippen LogP contribution in [0.2, 0.25) is 0 Å². The van der Waals surface area contributed by atoms with Crippen LogP contribution in [0.1, 0.15) is 19.4 Å². The van der Waals surface area contributed by atoms with Crippen molar-refractivity contribution in [2.75, 3.05) is 13.7 Å². The fourth-order valence-electron chi connectivity index (χ4n) is 1.31. The van der Waals surface area contributed by atoms with Crippen LogP contribution in [0.3, 0.4) is 0 Å². The molecule has 0 bridgehead atoms. The quantitative estimate of drug-likeness (QED) is 0.759. The van der Waals surface area contributed by atoms with Crippen molar-refractivity contribution in [3.63, 3.8) is 0 Å². The Balaban J connectivity index is 2.73. The van der Waals surface area contributed by atoms with Crippen molar-refractivity contribution in [2.45, 2.75) is 20.8 Å². The smallest absolute Gasteiger partial charge is 0.314 e. The van der Waals surface area contributed by atoms with Crippen molar-refractivity contribution in [2.24, 2.45) is 5.41 Å². The van der Waals surface area contributed by atoms with Gasteiger partial charge in [-0.15, -0.1) is 0 Å². The normalized spacial score (nSPS) is 11.1. The maximum absolute atomic E-state index is 13.4. The minimum atomic E-state index is -0.801. The van der Waals surface area contributed by atoms with Gasteiger partial charge in [-0.2, -0.15) is 0 Å². The molecule has 0 fully saturated rings. The SMILES string of the molecule is COC(=O)C(C)(C)COc1cc(C)ccc1F. The molecule has 0 radical (unpaired) electrons. The highest BCUT2D eigenvalue weighted by atomic mass is 19.1. The average molecular weight is 240 g/mol. The van der Waals surface area contributed by atoms with Crippen LogP contribution in [0.4, 0.5) is 4.39 Å². The second-order valence-electron chi connectivity index (χ2n) is 4.60. The number of ether oxygens (including phenoxy) is 2. The fraction of sp³-hybridized carbons (Fsp3) is 0.462. The van der Waals surface area contributed by atoms with E-state index in [-0.39, 0.29) is 18.3 Å². The third kappa shape index (κ3) is 3.44. The Labute approximate surface area is 101 Å². The highest BCUT2D eigenvalue weighted by Gasteiger charge is 2.30. The number of carbonyl (C=O) groups is 1. The van der Waals surface area contributed by atoms with E-state index in [9.17, 15) is 9.18 Å². The van der Waals surface area contributed by atoms with Gasteiger partial charge in [-0.05, 0) is 38.5 Å². The topological polar surface area (TPSA) is 35.5 Å². The van der Waals surface area contributed by atoms with Gasteiger partial charge in [-0.3, -0.25) is 4.79 Å². The Morgan fingerprint density at radius 3 is 2.65 bits per heavy atom. The van der Waals surface area contributed by atoms with Crippen molar-refractivity contribution in [3.8, 4) is 5.75 Å². The number of benzene rings is 1. The molecule has 0 saturated carbocycles. The van der Waals surface area contributed by atoms with Gasteiger partial charge in [0.1, 0.15) is 6.61 Å². The van der Waals surface area contributed by atoms with Crippen LogP contribution in [0.15, 0.2) is 18.2 Å². The van der Waals surface area contributed by atoms with Gasteiger partial charge in [-0.25, -0.2) is 4.39 Å². The number of halogens is 1. The first-order chi connectivity index (χ1) is 7.86. The second-order valence-corrected chi connectivity index (χ2v) is 4.60. The van der Waals surface area contributed by atoms with Crippen molar-refractivity contribution >= 4 is 5.97 Å². The fourth-order valence-corrected chi connectivity index (χ4v) is 1.31. The van der Waals surface area contributed by atoms with E-state index in [2.05, 4.69) is 4.74 Å². The zero-order valence-electron chi connectivity index (χ0n) is 10.5. The van der Waals surface area contributed by atoms with Crippen molar-refractivity contribution in [3.05, 3.63) is 29.6 Å². The molecule has 3 nitrogen and oxygen atoms in total. The average Bonchev–Trinajstić information content (AvgIpc) is 2.29. The van der Waals surface area contributed by atoms with E-state index in [1.165, 1.54) is 13.2 Å². The van der Waals surface area contributed by atoms with Crippen LogP contribution in [0.5, 0.6) is 5.75 Å². The minimum absolute atomic E-state index is 0.0695. The highest BCUT2D eigenvalue weighted by molar-refractivity contribution is 5.75. The summed E-state index contributed by atoms with van der Waals surface area (Å²) in [6, 6.07) is 4.60. The molecule has 4 heteroatoms. The lowest BCUT2D eigenvalue weighted by molar-refractivity contribution is -0.152. The molecule has 0 aliphatic heterocycles. The van der Waals surface area contributed by atoms with Crippen molar-refractivity contribution in [1.29, 1.82) is 0 Å². The first-order valence-electron chi connectivity index (χ1n) is 5.34. The molecule has 0 aliphatic rings. The molecule has 0 aliphatic carbocycles. The number of carbonyl (C=O) groups excluding carboxylic acids is 1. The van der Waals surface area contributed by atoms with E-state index in [0.29, 0.717) is 0 Å². The Bertz CT molecular complexity index is 413. The van der Waals surface area contributed by atoms with Gasteiger partial charge in [0.25, 0.3) is 0 Å². The third-order valence-corrected chi connectivity index (χ3v) is 2.41. The van der Waals surface area contributed by atoms with Gasteiger partial charge < -0.3 is 9.47 Å². The van der Waals surface area contributed by atoms with E-state index in [1.807, 2.05) is 6.92 Å². The number of rotatable bonds is 4. The molecular formula is C13H17FO3. The molecule has 0 spiro atoms. The van der Waals surface area contributed by atoms with Gasteiger partial charge in [0.15, 0.2) is 11.6 Å². The van der Waals surface area contributed by atoms with E-state index in [1.54, 1.807) is 26.0 Å². The lowest BCUT2D eigenvalue weighted by Crippen LogP contribution is -2.32. The maximum Gasteiger partial charge on any atom is 0.314 e. The molecule has 0 unspecified atom stereocenters. The van der Waals surface area contributed by atoms with E-state index in [4.69, 9.17) is 4.74 Å². The monoisotopic (exact) mass is 240 g/mol. The molecule has 0 amide bonds. The minimum Gasteiger partial charge on any atom is -0.489 e. The molecule has 0 atom stereocenters. The lowest BCUT2D eigenvalue weighted by atomic mass is 9.95. The molecule has 1 rings (SSSR count). The Morgan fingerprint density at radius 1 is 1.41 bits per heavy atom.